The number of nitrogens with one attached hydrogen (secondary N) is 1. The van der Waals surface area contributed by atoms with Crippen molar-refractivity contribution in [2.45, 2.75) is 5.33 Å². The molecule has 1 heterocycles. The summed E-state index contributed by atoms with van der Waals surface area (Å²) in [4.78, 5) is 13.3. The number of urea groups is 1. The van der Waals surface area contributed by atoms with Crippen LogP contribution in [0.1, 0.15) is 5.56 Å². The number of hydrogen-bond acceptors (Lipinski definition) is 2. The van der Waals surface area contributed by atoms with Crippen LogP contribution < -0.4 is 10.3 Å². The average molecular weight is 270 g/mol. The van der Waals surface area contributed by atoms with Crippen molar-refractivity contribution in [3.05, 3.63) is 29.8 Å². The molecule has 1 aliphatic heterocycles. The molecule has 0 spiro atoms. The predicted octanol–water partition coefficient (Wildman–Crippen LogP) is 1.92. The molecular formula is C10H12BrN3O. The maximum Gasteiger partial charge on any atom is 0.339 e. The zero-order chi connectivity index (χ0) is 10.8. The van der Waals surface area contributed by atoms with Crippen molar-refractivity contribution in [3.63, 3.8) is 0 Å². The molecule has 0 saturated carbocycles. The monoisotopic (exact) mass is 269 g/mol. The van der Waals surface area contributed by atoms with Crippen molar-refractivity contribution < 1.29 is 4.79 Å². The van der Waals surface area contributed by atoms with Gasteiger partial charge in [-0.15, -0.1) is 0 Å². The Bertz CT molecular complexity index is 365. The Morgan fingerprint density at radius 1 is 1.40 bits per heavy atom. The van der Waals surface area contributed by atoms with Gasteiger partial charge in [-0.1, -0.05) is 28.1 Å². The number of amides is 2. The van der Waals surface area contributed by atoms with Gasteiger partial charge < -0.3 is 0 Å². The summed E-state index contributed by atoms with van der Waals surface area (Å²) >= 11 is 3.39. The van der Waals surface area contributed by atoms with Gasteiger partial charge in [0.1, 0.15) is 0 Å². The second-order valence-corrected chi connectivity index (χ2v) is 3.95. The summed E-state index contributed by atoms with van der Waals surface area (Å²) in [6, 6.07) is 7.90. The van der Waals surface area contributed by atoms with E-state index >= 15 is 0 Å². The summed E-state index contributed by atoms with van der Waals surface area (Å²) < 4.78 is 0. The Kier molecular flexibility index (Phi) is 2.93. The maximum atomic E-state index is 11.6. The first-order valence-corrected chi connectivity index (χ1v) is 5.78. The normalized spacial score (nSPS) is 16.3. The molecule has 2 amide bonds. The summed E-state index contributed by atoms with van der Waals surface area (Å²) in [6.45, 7) is 0.531. The topological polar surface area (TPSA) is 35.6 Å². The molecule has 0 radical (unpaired) electrons. The molecule has 80 valence electrons. The molecule has 0 aromatic heterocycles. The largest absolute Gasteiger partial charge is 0.339 e. The molecule has 1 saturated heterocycles. The fourth-order valence-corrected chi connectivity index (χ4v) is 1.83. The smallest absolute Gasteiger partial charge is 0.278 e. The van der Waals surface area contributed by atoms with E-state index in [0.717, 1.165) is 11.0 Å². The van der Waals surface area contributed by atoms with Gasteiger partial charge in [-0.05, 0) is 17.7 Å². The third-order valence-electron chi connectivity index (χ3n) is 2.39. The molecule has 1 aromatic rings. The third kappa shape index (κ3) is 1.98. The molecule has 5 heteroatoms. The van der Waals surface area contributed by atoms with Gasteiger partial charge >= 0.3 is 6.03 Å². The third-order valence-corrected chi connectivity index (χ3v) is 3.03. The quantitative estimate of drug-likeness (QED) is 0.833. The molecule has 1 aromatic carbocycles. The summed E-state index contributed by atoms with van der Waals surface area (Å²) in [6.07, 6.45) is 0. The highest BCUT2D eigenvalue weighted by atomic mass is 79.9. The molecule has 0 atom stereocenters. The zero-order valence-electron chi connectivity index (χ0n) is 8.40. The van der Waals surface area contributed by atoms with E-state index in [4.69, 9.17) is 0 Å². The lowest BCUT2D eigenvalue weighted by Gasteiger charge is -2.14. The number of nitrogens with zero attached hydrogens (tertiary/aromatic N) is 2. The van der Waals surface area contributed by atoms with Gasteiger partial charge in [0.2, 0.25) is 0 Å². The summed E-state index contributed by atoms with van der Waals surface area (Å²) in [7, 11) is 1.72. The molecule has 0 unspecified atom stereocenters. The number of carbonyl (C=O) groups is 1. The first-order valence-electron chi connectivity index (χ1n) is 4.66. The Balaban J connectivity index is 2.19. The van der Waals surface area contributed by atoms with E-state index in [1.807, 2.05) is 24.3 Å². The van der Waals surface area contributed by atoms with E-state index in [1.54, 1.807) is 11.9 Å². The van der Waals surface area contributed by atoms with E-state index < -0.39 is 0 Å². The summed E-state index contributed by atoms with van der Waals surface area (Å²) in [5.74, 6) is 0. The van der Waals surface area contributed by atoms with Crippen LogP contribution in [0.3, 0.4) is 0 Å². The highest BCUT2D eigenvalue weighted by Gasteiger charge is 2.25. The Morgan fingerprint density at radius 2 is 2.07 bits per heavy atom. The van der Waals surface area contributed by atoms with Crippen LogP contribution in [0.25, 0.3) is 0 Å². The summed E-state index contributed by atoms with van der Waals surface area (Å²) in [5, 5.41) is 2.32. The average Bonchev–Trinajstić information content (AvgIpc) is 2.60. The van der Waals surface area contributed by atoms with Crippen molar-refractivity contribution >= 4 is 27.6 Å². The molecular weight excluding hydrogens is 258 g/mol. The number of anilines is 1. The van der Waals surface area contributed by atoms with Gasteiger partial charge in [0.05, 0.1) is 6.67 Å². The molecule has 15 heavy (non-hydrogen) atoms. The van der Waals surface area contributed by atoms with Crippen LogP contribution in [-0.2, 0) is 5.33 Å². The fourth-order valence-electron chi connectivity index (χ4n) is 1.46. The molecule has 1 aliphatic rings. The SMILES string of the molecule is CN1NCN(c2ccc(CBr)cc2)C1=O. The first-order chi connectivity index (χ1) is 7.22. The van der Waals surface area contributed by atoms with E-state index in [9.17, 15) is 4.79 Å². The van der Waals surface area contributed by atoms with Gasteiger partial charge in [-0.25, -0.2) is 10.2 Å². The minimum Gasteiger partial charge on any atom is -0.278 e. The number of benzene rings is 1. The van der Waals surface area contributed by atoms with E-state index in [0.29, 0.717) is 6.67 Å². The molecule has 1 fully saturated rings. The van der Waals surface area contributed by atoms with Gasteiger partial charge in [0, 0.05) is 18.1 Å². The van der Waals surface area contributed by atoms with Crippen LogP contribution in [0.4, 0.5) is 10.5 Å². The van der Waals surface area contributed by atoms with Crippen molar-refractivity contribution in [1.82, 2.24) is 10.4 Å². The van der Waals surface area contributed by atoms with Crippen LogP contribution in [-0.4, -0.2) is 24.8 Å². The predicted molar refractivity (Wildman–Crippen MR) is 62.7 cm³/mol. The van der Waals surface area contributed by atoms with Gasteiger partial charge in [-0.3, -0.25) is 9.91 Å². The Hall–Kier alpha value is -1.07. The number of carbonyl (C=O) groups excluding carboxylic acids is 1. The highest BCUT2D eigenvalue weighted by molar-refractivity contribution is 9.08. The molecule has 0 aliphatic carbocycles. The lowest BCUT2D eigenvalue weighted by Crippen LogP contribution is -2.31. The van der Waals surface area contributed by atoms with Crippen LogP contribution in [0.5, 0.6) is 0 Å². The number of hydrogen-bond donors (Lipinski definition) is 1. The second-order valence-electron chi connectivity index (χ2n) is 3.39. The summed E-state index contributed by atoms with van der Waals surface area (Å²) in [5.41, 5.74) is 5.07. The number of alkyl halides is 1. The minimum atomic E-state index is -0.0263. The molecule has 1 N–H and O–H groups in total. The van der Waals surface area contributed by atoms with Crippen LogP contribution in [0.15, 0.2) is 24.3 Å². The number of rotatable bonds is 2. The van der Waals surface area contributed by atoms with Gasteiger partial charge in [0.15, 0.2) is 0 Å². The second kappa shape index (κ2) is 4.20. The lowest BCUT2D eigenvalue weighted by molar-refractivity contribution is 0.217. The zero-order valence-corrected chi connectivity index (χ0v) is 9.99. The standard InChI is InChI=1S/C10H12BrN3O/c1-13-10(15)14(7-12-13)9-4-2-8(6-11)3-5-9/h2-5,12H,6-7H2,1H3. The van der Waals surface area contributed by atoms with Crippen LogP contribution in [0, 0.1) is 0 Å². The van der Waals surface area contributed by atoms with Crippen molar-refractivity contribution in [3.8, 4) is 0 Å². The lowest BCUT2D eigenvalue weighted by atomic mass is 10.2. The highest BCUT2D eigenvalue weighted by Crippen LogP contribution is 2.19. The first kappa shape index (κ1) is 10.4. The van der Waals surface area contributed by atoms with Crippen LogP contribution in [0.2, 0.25) is 0 Å². The number of hydrazine groups is 1. The maximum absolute atomic E-state index is 11.6. The van der Waals surface area contributed by atoms with Crippen molar-refractivity contribution in [2.24, 2.45) is 0 Å². The van der Waals surface area contributed by atoms with Crippen molar-refractivity contribution in [1.29, 1.82) is 0 Å². The number of halogens is 1. The van der Waals surface area contributed by atoms with E-state index in [2.05, 4.69) is 21.4 Å². The molecule has 2 rings (SSSR count). The van der Waals surface area contributed by atoms with E-state index in [1.165, 1.54) is 10.6 Å². The van der Waals surface area contributed by atoms with Gasteiger partial charge in [-0.2, -0.15) is 0 Å². The van der Waals surface area contributed by atoms with Crippen molar-refractivity contribution in [2.75, 3.05) is 18.6 Å². The Morgan fingerprint density at radius 3 is 2.53 bits per heavy atom. The Labute approximate surface area is 97.0 Å². The van der Waals surface area contributed by atoms with E-state index in [-0.39, 0.29) is 6.03 Å². The molecule has 4 nitrogen and oxygen atoms in total. The van der Waals surface area contributed by atoms with Crippen LogP contribution >= 0.6 is 15.9 Å². The minimum absolute atomic E-state index is 0.0263. The van der Waals surface area contributed by atoms with Gasteiger partial charge in [0.25, 0.3) is 0 Å². The fraction of sp³-hybridized carbons (Fsp3) is 0.300. The molecule has 0 bridgehead atoms.